The van der Waals surface area contributed by atoms with Crippen LogP contribution in [0.5, 0.6) is 5.75 Å². The monoisotopic (exact) mass is 535 g/mol. The zero-order chi connectivity index (χ0) is 26.8. The van der Waals surface area contributed by atoms with Gasteiger partial charge in [0.2, 0.25) is 5.91 Å². The Morgan fingerprint density at radius 1 is 1.05 bits per heavy atom. The number of phenolic OH excluding ortho intramolecular Hbond substituents is 1. The number of carbonyl (C=O) groups excluding carboxylic acids is 1. The van der Waals surface area contributed by atoms with E-state index in [2.05, 4.69) is 37.5 Å². The summed E-state index contributed by atoms with van der Waals surface area (Å²) in [4.78, 5) is 13.8. The molecule has 1 aliphatic heterocycles. The fourth-order valence-electron chi connectivity index (χ4n) is 5.37. The van der Waals surface area contributed by atoms with E-state index < -0.39 is 17.4 Å². The number of rotatable bonds is 6. The van der Waals surface area contributed by atoms with E-state index in [-0.39, 0.29) is 23.1 Å². The minimum absolute atomic E-state index is 0.109. The van der Waals surface area contributed by atoms with Crippen LogP contribution in [0.15, 0.2) is 72.8 Å². The lowest BCUT2D eigenvalue weighted by atomic mass is 9.63. The first-order valence-corrected chi connectivity index (χ1v) is 13.0. The zero-order valence-corrected chi connectivity index (χ0v) is 22.6. The number of nitrogens with zero attached hydrogens (tertiary/aromatic N) is 1. The maximum Gasteiger partial charge on any atom is 0.238 e. The van der Waals surface area contributed by atoms with Gasteiger partial charge in [-0.1, -0.05) is 80.4 Å². The van der Waals surface area contributed by atoms with Crippen LogP contribution in [-0.4, -0.2) is 23.1 Å². The van der Waals surface area contributed by atoms with E-state index in [0.717, 1.165) is 16.7 Å². The molecule has 4 unspecified atom stereocenters. The molecule has 0 spiro atoms. The van der Waals surface area contributed by atoms with E-state index in [9.17, 15) is 15.2 Å². The number of hydrogen-bond donors (Lipinski definition) is 3. The maximum absolute atomic E-state index is 13.8. The Morgan fingerprint density at radius 3 is 2.32 bits per heavy atom. The molecule has 5 nitrogen and oxygen atoms in total. The third-order valence-corrected chi connectivity index (χ3v) is 7.46. The van der Waals surface area contributed by atoms with Crippen LogP contribution in [-0.2, 0) is 16.8 Å². The van der Waals surface area contributed by atoms with Gasteiger partial charge in [0.1, 0.15) is 11.2 Å². The number of hydrogen-bond acceptors (Lipinski definition) is 4. The van der Waals surface area contributed by atoms with Crippen LogP contribution in [0.3, 0.4) is 0 Å². The normalized spacial score (nSPS) is 23.4. The highest BCUT2D eigenvalue weighted by Gasteiger charge is 2.59. The van der Waals surface area contributed by atoms with E-state index in [1.807, 2.05) is 30.3 Å². The van der Waals surface area contributed by atoms with Crippen LogP contribution < -0.4 is 10.6 Å². The standard InChI is InChI=1S/C30H31Cl2N3O2/c1-29(2,3)16-25-30(18-33,21-9-11-22(31)12-10-21)26(20-5-4-6-23(32)15-20)27(35-25)28(37)34-17-19-7-13-24(36)14-8-19/h4-15,25-27,35-36H,16-17H2,1-3H3,(H,34,37). The SMILES string of the molecule is CC(C)(C)CC1NC(C(=O)NCc2ccc(O)cc2)C(c2cccc(Cl)c2)C1(C#N)c1ccc(Cl)cc1. The molecule has 0 radical (unpaired) electrons. The van der Waals surface area contributed by atoms with Crippen molar-refractivity contribution in [2.24, 2.45) is 5.41 Å². The molecule has 1 fully saturated rings. The third-order valence-electron chi connectivity index (χ3n) is 6.97. The van der Waals surface area contributed by atoms with Crippen LogP contribution in [0.4, 0.5) is 0 Å². The Labute approximate surface area is 228 Å². The highest BCUT2D eigenvalue weighted by molar-refractivity contribution is 6.30. The molecule has 0 saturated carbocycles. The van der Waals surface area contributed by atoms with Crippen LogP contribution in [0.1, 0.15) is 49.8 Å². The lowest BCUT2D eigenvalue weighted by Crippen LogP contribution is -2.45. The number of carbonyl (C=O) groups is 1. The van der Waals surface area contributed by atoms with Gasteiger partial charge >= 0.3 is 0 Å². The third kappa shape index (κ3) is 5.78. The molecule has 4 rings (SSSR count). The van der Waals surface area contributed by atoms with Crippen LogP contribution in [0.2, 0.25) is 10.0 Å². The molecule has 0 aliphatic carbocycles. The molecule has 192 valence electrons. The summed E-state index contributed by atoms with van der Waals surface area (Å²) in [6, 6.07) is 23.1. The number of aromatic hydroxyl groups is 1. The van der Waals surface area contributed by atoms with Crippen molar-refractivity contribution in [1.29, 1.82) is 5.26 Å². The van der Waals surface area contributed by atoms with Crippen molar-refractivity contribution in [3.05, 3.63) is 99.5 Å². The highest BCUT2D eigenvalue weighted by atomic mass is 35.5. The molecular formula is C30H31Cl2N3O2. The number of benzene rings is 3. The maximum atomic E-state index is 13.8. The highest BCUT2D eigenvalue weighted by Crippen LogP contribution is 2.51. The first-order chi connectivity index (χ1) is 17.5. The van der Waals surface area contributed by atoms with Gasteiger partial charge in [-0.05, 0) is 64.9 Å². The van der Waals surface area contributed by atoms with Gasteiger partial charge in [0.25, 0.3) is 0 Å². The Morgan fingerprint density at radius 2 is 1.73 bits per heavy atom. The second-order valence-corrected chi connectivity index (χ2v) is 11.7. The average molecular weight is 537 g/mol. The predicted molar refractivity (Wildman–Crippen MR) is 148 cm³/mol. The molecule has 0 bridgehead atoms. The summed E-state index contributed by atoms with van der Waals surface area (Å²) >= 11 is 12.6. The average Bonchev–Trinajstić information content (AvgIpc) is 3.17. The fourth-order valence-corrected chi connectivity index (χ4v) is 5.69. The molecule has 3 aromatic rings. The summed E-state index contributed by atoms with van der Waals surface area (Å²) in [5, 5.41) is 28.2. The smallest absolute Gasteiger partial charge is 0.238 e. The lowest BCUT2D eigenvalue weighted by molar-refractivity contribution is -0.123. The number of phenols is 1. The number of nitrogens with one attached hydrogen (secondary N) is 2. The molecule has 1 amide bonds. The Kier molecular flexibility index (Phi) is 7.85. The summed E-state index contributed by atoms with van der Waals surface area (Å²) in [5.41, 5.74) is 1.32. The number of nitriles is 1. The zero-order valence-electron chi connectivity index (χ0n) is 21.1. The van der Waals surface area contributed by atoms with Crippen molar-refractivity contribution in [2.75, 3.05) is 0 Å². The quantitative estimate of drug-likeness (QED) is 0.343. The van der Waals surface area contributed by atoms with E-state index in [1.54, 1.807) is 42.5 Å². The molecule has 0 aromatic heterocycles. The minimum atomic E-state index is -1.05. The molecule has 4 atom stereocenters. The van der Waals surface area contributed by atoms with Gasteiger partial charge < -0.3 is 15.7 Å². The van der Waals surface area contributed by atoms with Crippen molar-refractivity contribution >= 4 is 29.1 Å². The number of amides is 1. The largest absolute Gasteiger partial charge is 0.508 e. The second kappa shape index (κ2) is 10.8. The van der Waals surface area contributed by atoms with Crippen LogP contribution >= 0.6 is 23.2 Å². The first kappa shape index (κ1) is 27.0. The molecule has 1 saturated heterocycles. The van der Waals surface area contributed by atoms with Gasteiger partial charge in [0.05, 0.1) is 12.1 Å². The Hall–Kier alpha value is -3.04. The lowest BCUT2D eigenvalue weighted by Gasteiger charge is -2.37. The molecule has 7 heteroatoms. The van der Waals surface area contributed by atoms with Gasteiger partial charge in [-0.15, -0.1) is 0 Å². The fraction of sp³-hybridized carbons (Fsp3) is 0.333. The van der Waals surface area contributed by atoms with Crippen molar-refractivity contribution in [3.63, 3.8) is 0 Å². The van der Waals surface area contributed by atoms with Crippen molar-refractivity contribution in [3.8, 4) is 11.8 Å². The van der Waals surface area contributed by atoms with Crippen LogP contribution in [0, 0.1) is 16.7 Å². The van der Waals surface area contributed by atoms with Gasteiger partial charge in [0, 0.05) is 28.5 Å². The van der Waals surface area contributed by atoms with E-state index >= 15 is 0 Å². The van der Waals surface area contributed by atoms with Gasteiger partial charge in [-0.25, -0.2) is 0 Å². The molecule has 1 heterocycles. The van der Waals surface area contributed by atoms with Gasteiger partial charge in [-0.2, -0.15) is 5.26 Å². The molecule has 3 N–H and O–H groups in total. The van der Waals surface area contributed by atoms with Gasteiger partial charge in [0.15, 0.2) is 0 Å². The summed E-state index contributed by atoms with van der Waals surface area (Å²) < 4.78 is 0. The molecule has 1 aliphatic rings. The first-order valence-electron chi connectivity index (χ1n) is 12.3. The Balaban J connectivity index is 1.81. The predicted octanol–water partition coefficient (Wildman–Crippen LogP) is 6.34. The summed E-state index contributed by atoms with van der Waals surface area (Å²) in [7, 11) is 0. The molecule has 3 aromatic carbocycles. The van der Waals surface area contributed by atoms with E-state index in [1.165, 1.54) is 0 Å². The number of halogens is 2. The summed E-state index contributed by atoms with van der Waals surface area (Å²) in [5.74, 6) is -0.548. The van der Waals surface area contributed by atoms with Crippen molar-refractivity contribution in [2.45, 2.75) is 57.2 Å². The molecule has 37 heavy (non-hydrogen) atoms. The van der Waals surface area contributed by atoms with Crippen molar-refractivity contribution < 1.29 is 9.90 Å². The summed E-state index contributed by atoms with van der Waals surface area (Å²) in [6.45, 7) is 6.69. The van der Waals surface area contributed by atoms with E-state index in [0.29, 0.717) is 23.0 Å². The van der Waals surface area contributed by atoms with Gasteiger partial charge in [-0.3, -0.25) is 4.79 Å². The van der Waals surface area contributed by atoms with Crippen LogP contribution in [0.25, 0.3) is 0 Å². The molecular weight excluding hydrogens is 505 g/mol. The minimum Gasteiger partial charge on any atom is -0.508 e. The second-order valence-electron chi connectivity index (χ2n) is 10.9. The Bertz CT molecular complexity index is 1300. The topological polar surface area (TPSA) is 85.2 Å². The summed E-state index contributed by atoms with van der Waals surface area (Å²) in [6.07, 6.45) is 0.669. The van der Waals surface area contributed by atoms with E-state index in [4.69, 9.17) is 23.2 Å². The van der Waals surface area contributed by atoms with Crippen molar-refractivity contribution in [1.82, 2.24) is 10.6 Å².